The second-order valence-corrected chi connectivity index (χ2v) is 11.2. The summed E-state index contributed by atoms with van der Waals surface area (Å²) in [6, 6.07) is 1.60. The van der Waals surface area contributed by atoms with Gasteiger partial charge in [0.25, 0.3) is 10.6 Å². The highest BCUT2D eigenvalue weighted by atomic mass is 79.9. The average Bonchev–Trinajstić information content (AvgIpc) is 2.80. The van der Waals surface area contributed by atoms with Gasteiger partial charge >= 0.3 is 0 Å². The molecule has 2 N–H and O–H groups in total. The van der Waals surface area contributed by atoms with Crippen molar-refractivity contribution in [2.75, 3.05) is 5.08 Å². The number of thiocyanates is 1. The SMILES string of the molecule is C#CSCSC#N.N#CC(Br)(Br)C(N)=O.O=c1ssc(Cl)c1Cl. The molecule has 0 saturated heterocycles. The summed E-state index contributed by atoms with van der Waals surface area (Å²) in [5.74, 6) is -0.750. The molecule has 1 amide bonds. The maximum atomic E-state index is 10.5. The third-order valence-corrected chi connectivity index (χ3v) is 7.00. The first-order chi connectivity index (χ1) is 10.6. The predicted molar refractivity (Wildman–Crippen MR) is 108 cm³/mol. The van der Waals surface area contributed by atoms with Crippen molar-refractivity contribution in [3.8, 4) is 23.1 Å². The van der Waals surface area contributed by atoms with Gasteiger partial charge in [-0.1, -0.05) is 45.3 Å². The minimum atomic E-state index is -1.39. The van der Waals surface area contributed by atoms with Gasteiger partial charge in [-0.2, -0.15) is 10.5 Å². The molecule has 1 aromatic heterocycles. The highest BCUT2D eigenvalue weighted by Crippen LogP contribution is 2.26. The zero-order chi connectivity index (χ0) is 18.5. The molecule has 0 radical (unpaired) electrons. The highest BCUT2D eigenvalue weighted by molar-refractivity contribution is 9.26. The van der Waals surface area contributed by atoms with E-state index in [9.17, 15) is 9.59 Å². The lowest BCUT2D eigenvalue weighted by Crippen LogP contribution is -2.30. The van der Waals surface area contributed by atoms with Crippen LogP contribution in [0.1, 0.15) is 0 Å². The Bertz CT molecular complexity index is 674. The summed E-state index contributed by atoms with van der Waals surface area (Å²) in [5, 5.41) is 21.1. The van der Waals surface area contributed by atoms with Gasteiger partial charge in [0.1, 0.15) is 20.8 Å². The average molecular weight is 558 g/mol. The van der Waals surface area contributed by atoms with Crippen LogP contribution in [0.15, 0.2) is 4.79 Å². The van der Waals surface area contributed by atoms with Gasteiger partial charge in [0.05, 0.1) is 5.08 Å². The van der Waals surface area contributed by atoms with E-state index in [4.69, 9.17) is 45.9 Å². The number of rotatable bonds is 3. The number of nitriles is 2. The third-order valence-electron chi connectivity index (χ3n) is 1.26. The smallest absolute Gasteiger partial charge is 0.263 e. The number of amides is 1. The molecule has 0 bridgehead atoms. The number of halogens is 4. The molecule has 0 fully saturated rings. The van der Waals surface area contributed by atoms with Crippen LogP contribution < -0.4 is 10.5 Å². The summed E-state index contributed by atoms with van der Waals surface area (Å²) in [4.78, 5) is 20.6. The van der Waals surface area contributed by atoms with Crippen LogP contribution in [0.25, 0.3) is 0 Å². The molecule has 0 atom stereocenters. The number of alkyl halides is 2. The number of carbonyl (C=O) groups is 1. The topological polar surface area (TPSA) is 108 Å². The molecular weight excluding hydrogens is 553 g/mol. The van der Waals surface area contributed by atoms with Crippen molar-refractivity contribution in [1.29, 1.82) is 10.5 Å². The van der Waals surface area contributed by atoms with E-state index < -0.39 is 9.14 Å². The summed E-state index contributed by atoms with van der Waals surface area (Å²) in [5.41, 5.74) is 4.73. The lowest BCUT2D eigenvalue weighted by Gasteiger charge is -2.01. The molecule has 0 unspecified atom stereocenters. The van der Waals surface area contributed by atoms with E-state index in [2.05, 4.69) is 37.1 Å². The standard InChI is InChI=1S/C4H3NS2.C3H2Br2N2O.C3Cl2OS2/c1-2-6-4-7-3-5;4-3(5,1-6)2(7)8;4-1-2(5)7-8-3(1)6/h1H,4H2;(H2,7,8);. The van der Waals surface area contributed by atoms with E-state index in [0.29, 0.717) is 9.42 Å². The molecule has 0 aliphatic rings. The first-order valence-electron chi connectivity index (χ1n) is 4.75. The number of nitrogens with two attached hydrogens (primary N) is 1. The summed E-state index contributed by atoms with van der Waals surface area (Å²) >= 11 is 18.7. The fraction of sp³-hybridized carbons (Fsp3) is 0.200. The van der Waals surface area contributed by atoms with Crippen LogP contribution in [0.5, 0.6) is 0 Å². The van der Waals surface area contributed by atoms with Gasteiger partial charge in [0, 0.05) is 0 Å². The second-order valence-electron chi connectivity index (χ2n) is 2.71. The van der Waals surface area contributed by atoms with Crippen molar-refractivity contribution >= 4 is 105 Å². The zero-order valence-corrected chi connectivity index (χ0v) is 18.7. The van der Waals surface area contributed by atoms with Crippen molar-refractivity contribution in [1.82, 2.24) is 0 Å². The molecule has 0 spiro atoms. The molecule has 1 aromatic rings. The monoisotopic (exact) mass is 555 g/mol. The number of thioether (sulfide) groups is 2. The van der Waals surface area contributed by atoms with Crippen LogP contribution in [0.4, 0.5) is 0 Å². The van der Waals surface area contributed by atoms with E-state index in [0.717, 1.165) is 22.1 Å². The highest BCUT2D eigenvalue weighted by Gasteiger charge is 2.28. The molecule has 5 nitrogen and oxygen atoms in total. The van der Waals surface area contributed by atoms with Crippen molar-refractivity contribution in [2.24, 2.45) is 5.73 Å². The van der Waals surface area contributed by atoms with E-state index in [-0.39, 0.29) is 9.77 Å². The lowest BCUT2D eigenvalue weighted by atomic mass is 10.5. The number of terminal acetylenes is 1. The Morgan fingerprint density at radius 3 is 2.09 bits per heavy atom. The van der Waals surface area contributed by atoms with Gasteiger partial charge < -0.3 is 5.73 Å². The maximum absolute atomic E-state index is 10.5. The lowest BCUT2D eigenvalue weighted by molar-refractivity contribution is -0.117. The second kappa shape index (κ2) is 14.4. The summed E-state index contributed by atoms with van der Waals surface area (Å²) in [6.07, 6.45) is 4.86. The van der Waals surface area contributed by atoms with Gasteiger partial charge in [-0.25, -0.2) is 0 Å². The Morgan fingerprint density at radius 1 is 1.35 bits per heavy atom. The Hall–Kier alpha value is 0.1000. The minimum Gasteiger partial charge on any atom is -0.367 e. The quantitative estimate of drug-likeness (QED) is 0.147. The number of hydrogen-bond acceptors (Lipinski definition) is 8. The van der Waals surface area contributed by atoms with Crippen LogP contribution in [-0.4, -0.2) is 14.2 Å². The van der Waals surface area contributed by atoms with Gasteiger partial charge in [0.2, 0.25) is 3.23 Å². The first kappa shape index (κ1) is 25.3. The van der Waals surface area contributed by atoms with E-state index in [1.165, 1.54) is 22.1 Å². The Morgan fingerprint density at radius 2 is 1.91 bits per heavy atom. The van der Waals surface area contributed by atoms with E-state index in [1.54, 1.807) is 6.07 Å². The fourth-order valence-electron chi connectivity index (χ4n) is 0.373. The van der Waals surface area contributed by atoms with Crippen molar-refractivity contribution < 1.29 is 4.79 Å². The van der Waals surface area contributed by atoms with E-state index in [1.807, 2.05) is 5.40 Å². The summed E-state index contributed by atoms with van der Waals surface area (Å²) in [6.45, 7) is 0. The zero-order valence-electron chi connectivity index (χ0n) is 10.7. The van der Waals surface area contributed by atoms with Gasteiger partial charge in [0.15, 0.2) is 0 Å². The number of hydrogen-bond donors (Lipinski definition) is 1. The molecule has 23 heavy (non-hydrogen) atoms. The van der Waals surface area contributed by atoms with Crippen molar-refractivity contribution in [3.05, 3.63) is 18.9 Å². The van der Waals surface area contributed by atoms with Gasteiger partial charge in [-0.3, -0.25) is 9.59 Å². The Labute approximate surface area is 175 Å². The van der Waals surface area contributed by atoms with E-state index >= 15 is 0 Å². The summed E-state index contributed by atoms with van der Waals surface area (Å²) in [7, 11) is 2.25. The maximum Gasteiger partial charge on any atom is 0.263 e. The molecule has 0 aromatic carbocycles. The van der Waals surface area contributed by atoms with Gasteiger partial charge in [-0.05, 0) is 59.2 Å². The van der Waals surface area contributed by atoms with Crippen molar-refractivity contribution in [2.45, 2.75) is 3.23 Å². The van der Waals surface area contributed by atoms with Crippen molar-refractivity contribution in [3.63, 3.8) is 0 Å². The Balaban J connectivity index is 0. The number of nitrogens with zero attached hydrogens (tertiary/aromatic N) is 2. The van der Waals surface area contributed by atoms with Gasteiger partial charge in [-0.15, -0.1) is 6.42 Å². The molecule has 124 valence electrons. The first-order valence-corrected chi connectivity index (χ1v) is 11.2. The number of carbonyl (C=O) groups excluding carboxylic acids is 1. The molecule has 0 saturated carbocycles. The van der Waals surface area contributed by atoms with Crippen LogP contribution in [0.3, 0.4) is 0 Å². The van der Waals surface area contributed by atoms with Crippen LogP contribution in [0.2, 0.25) is 9.36 Å². The molecule has 13 heteroatoms. The normalized spacial score (nSPS) is 8.91. The Kier molecular flexibility index (Phi) is 15.9. The van der Waals surface area contributed by atoms with Crippen LogP contribution in [0, 0.1) is 33.7 Å². The molecule has 1 rings (SSSR count). The molecule has 0 aliphatic heterocycles. The third kappa shape index (κ3) is 13.1. The predicted octanol–water partition coefficient (Wildman–Crippen LogP) is 4.44. The summed E-state index contributed by atoms with van der Waals surface area (Å²) < 4.78 is -1.15. The van der Waals surface area contributed by atoms with Crippen LogP contribution >= 0.6 is 99.3 Å². The molecule has 1 heterocycles. The number of primary amides is 1. The van der Waals surface area contributed by atoms with Crippen LogP contribution in [-0.2, 0) is 4.79 Å². The molecular formula is C10H5Br2Cl2N3O2S4. The minimum absolute atomic E-state index is 0.151. The fourth-order valence-corrected chi connectivity index (χ4v) is 3.52. The molecule has 0 aliphatic carbocycles. The largest absolute Gasteiger partial charge is 0.367 e.